The lowest BCUT2D eigenvalue weighted by Gasteiger charge is -2.13. The smallest absolute Gasteiger partial charge is 0.306 e. The van der Waals surface area contributed by atoms with Crippen LogP contribution in [0.4, 0.5) is 0 Å². The average Bonchev–Trinajstić information content (AvgIpc) is 2.48. The first kappa shape index (κ1) is 21.7. The number of ether oxygens (including phenoxy) is 2. The zero-order valence-electron chi connectivity index (χ0n) is 15.4. The van der Waals surface area contributed by atoms with Crippen LogP contribution in [0.1, 0.15) is 85.5 Å². The summed E-state index contributed by atoms with van der Waals surface area (Å²) in [6.07, 6.45) is 10.2. The van der Waals surface area contributed by atoms with E-state index in [1.807, 2.05) is 26.8 Å². The SMILES string of the molecule is CCCCCCCCC(C)OC(=O)CCC(=O)OCC=C(C)C. The molecule has 0 aliphatic heterocycles. The van der Waals surface area contributed by atoms with Gasteiger partial charge in [-0.15, -0.1) is 0 Å². The molecule has 1 atom stereocenters. The Balaban J connectivity index is 3.64. The molecule has 0 aliphatic rings. The van der Waals surface area contributed by atoms with Gasteiger partial charge in [0.05, 0.1) is 18.9 Å². The molecule has 0 aromatic carbocycles. The van der Waals surface area contributed by atoms with Crippen LogP contribution >= 0.6 is 0 Å². The molecule has 0 fully saturated rings. The second-order valence-electron chi connectivity index (χ2n) is 6.32. The molecule has 0 saturated carbocycles. The summed E-state index contributed by atoms with van der Waals surface area (Å²) >= 11 is 0. The fourth-order valence-electron chi connectivity index (χ4n) is 2.13. The van der Waals surface area contributed by atoms with Crippen LogP contribution in [0.2, 0.25) is 0 Å². The Hall–Kier alpha value is -1.32. The van der Waals surface area contributed by atoms with Crippen LogP contribution in [0, 0.1) is 0 Å². The van der Waals surface area contributed by atoms with E-state index >= 15 is 0 Å². The first-order valence-electron chi connectivity index (χ1n) is 8.94. The number of carbonyl (C=O) groups is 2. The summed E-state index contributed by atoms with van der Waals surface area (Å²) in [5, 5.41) is 0. The van der Waals surface area contributed by atoms with E-state index in [2.05, 4.69) is 6.92 Å². The van der Waals surface area contributed by atoms with Crippen molar-refractivity contribution >= 4 is 11.9 Å². The molecule has 0 N–H and O–H groups in total. The number of hydrogen-bond donors (Lipinski definition) is 0. The lowest BCUT2D eigenvalue weighted by atomic mass is 10.1. The minimum atomic E-state index is -0.358. The highest BCUT2D eigenvalue weighted by molar-refractivity contribution is 5.77. The predicted octanol–water partition coefficient (Wildman–Crippen LogP) is 4.96. The van der Waals surface area contributed by atoms with Gasteiger partial charge in [-0.3, -0.25) is 9.59 Å². The Bertz CT molecular complexity index is 356. The van der Waals surface area contributed by atoms with Crippen molar-refractivity contribution in [3.63, 3.8) is 0 Å². The van der Waals surface area contributed by atoms with Crippen molar-refractivity contribution in [2.24, 2.45) is 0 Å². The van der Waals surface area contributed by atoms with Gasteiger partial charge in [0.1, 0.15) is 6.61 Å². The Morgan fingerprint density at radius 3 is 2.22 bits per heavy atom. The third kappa shape index (κ3) is 15.4. The zero-order chi connectivity index (χ0) is 17.5. The third-order valence-electron chi connectivity index (χ3n) is 3.57. The molecule has 134 valence electrons. The normalized spacial score (nSPS) is 11.7. The molecular formula is C19H34O4. The van der Waals surface area contributed by atoms with Gasteiger partial charge in [-0.05, 0) is 39.7 Å². The van der Waals surface area contributed by atoms with Gasteiger partial charge in [0, 0.05) is 0 Å². The first-order valence-corrected chi connectivity index (χ1v) is 8.94. The summed E-state index contributed by atoms with van der Waals surface area (Å²) in [6.45, 7) is 8.27. The van der Waals surface area contributed by atoms with Crippen molar-refractivity contribution in [2.45, 2.75) is 91.6 Å². The maximum absolute atomic E-state index is 11.7. The quantitative estimate of drug-likeness (QED) is 0.273. The summed E-state index contributed by atoms with van der Waals surface area (Å²) in [4.78, 5) is 23.1. The molecule has 0 heterocycles. The molecule has 1 unspecified atom stereocenters. The Morgan fingerprint density at radius 2 is 1.57 bits per heavy atom. The maximum atomic E-state index is 11.7. The molecule has 0 amide bonds. The van der Waals surface area contributed by atoms with E-state index in [4.69, 9.17) is 9.47 Å². The largest absolute Gasteiger partial charge is 0.463 e. The fraction of sp³-hybridized carbons (Fsp3) is 0.789. The molecule has 0 radical (unpaired) electrons. The van der Waals surface area contributed by atoms with E-state index < -0.39 is 0 Å². The number of unbranched alkanes of at least 4 members (excludes halogenated alkanes) is 5. The van der Waals surface area contributed by atoms with E-state index in [1.165, 1.54) is 32.1 Å². The summed E-state index contributed by atoms with van der Waals surface area (Å²) in [7, 11) is 0. The summed E-state index contributed by atoms with van der Waals surface area (Å²) in [6, 6.07) is 0. The van der Waals surface area contributed by atoms with Crippen LogP contribution in [0.25, 0.3) is 0 Å². The molecule has 0 bridgehead atoms. The van der Waals surface area contributed by atoms with Gasteiger partial charge in [-0.1, -0.05) is 44.6 Å². The highest BCUT2D eigenvalue weighted by Crippen LogP contribution is 2.11. The molecular weight excluding hydrogens is 292 g/mol. The highest BCUT2D eigenvalue weighted by atomic mass is 16.5. The molecule has 0 saturated heterocycles. The van der Waals surface area contributed by atoms with E-state index in [-0.39, 0.29) is 37.5 Å². The van der Waals surface area contributed by atoms with Gasteiger partial charge in [0.2, 0.25) is 0 Å². The van der Waals surface area contributed by atoms with Crippen LogP contribution < -0.4 is 0 Å². The van der Waals surface area contributed by atoms with Crippen LogP contribution in [0.3, 0.4) is 0 Å². The van der Waals surface area contributed by atoms with Crippen molar-refractivity contribution in [2.75, 3.05) is 6.61 Å². The lowest BCUT2D eigenvalue weighted by Crippen LogP contribution is -2.16. The number of esters is 2. The Morgan fingerprint density at radius 1 is 0.957 bits per heavy atom. The molecule has 0 rings (SSSR count). The molecule has 23 heavy (non-hydrogen) atoms. The average molecular weight is 326 g/mol. The summed E-state index contributed by atoms with van der Waals surface area (Å²) in [5.41, 5.74) is 1.10. The first-order chi connectivity index (χ1) is 11.0. The summed E-state index contributed by atoms with van der Waals surface area (Å²) < 4.78 is 10.3. The third-order valence-corrected chi connectivity index (χ3v) is 3.57. The minimum Gasteiger partial charge on any atom is -0.463 e. The van der Waals surface area contributed by atoms with Gasteiger partial charge >= 0.3 is 11.9 Å². The number of hydrogen-bond acceptors (Lipinski definition) is 4. The van der Waals surface area contributed by atoms with Crippen LogP contribution in [-0.2, 0) is 19.1 Å². The van der Waals surface area contributed by atoms with E-state index in [0.717, 1.165) is 18.4 Å². The zero-order valence-corrected chi connectivity index (χ0v) is 15.4. The molecule has 4 nitrogen and oxygen atoms in total. The fourth-order valence-corrected chi connectivity index (χ4v) is 2.13. The Labute approximate surface area is 141 Å². The van der Waals surface area contributed by atoms with E-state index in [9.17, 15) is 9.59 Å². The topological polar surface area (TPSA) is 52.6 Å². The number of rotatable bonds is 13. The highest BCUT2D eigenvalue weighted by Gasteiger charge is 2.12. The Kier molecular flexibility index (Phi) is 13.5. The second kappa shape index (κ2) is 14.3. The van der Waals surface area contributed by atoms with Gasteiger partial charge in [-0.25, -0.2) is 0 Å². The number of allylic oxidation sites excluding steroid dienone is 1. The van der Waals surface area contributed by atoms with Gasteiger partial charge < -0.3 is 9.47 Å². The van der Waals surface area contributed by atoms with Gasteiger partial charge in [0.15, 0.2) is 0 Å². The van der Waals surface area contributed by atoms with Crippen molar-refractivity contribution < 1.29 is 19.1 Å². The molecule has 0 aromatic rings. The second-order valence-corrected chi connectivity index (χ2v) is 6.32. The number of carbonyl (C=O) groups excluding carboxylic acids is 2. The van der Waals surface area contributed by atoms with Crippen LogP contribution in [0.5, 0.6) is 0 Å². The maximum Gasteiger partial charge on any atom is 0.306 e. The predicted molar refractivity (Wildman–Crippen MR) is 93.2 cm³/mol. The monoisotopic (exact) mass is 326 g/mol. The van der Waals surface area contributed by atoms with Crippen LogP contribution in [-0.4, -0.2) is 24.6 Å². The lowest BCUT2D eigenvalue weighted by molar-refractivity contribution is -0.152. The molecule has 0 aliphatic carbocycles. The van der Waals surface area contributed by atoms with E-state index in [1.54, 1.807) is 0 Å². The molecule has 4 heteroatoms. The van der Waals surface area contributed by atoms with Crippen molar-refractivity contribution in [3.05, 3.63) is 11.6 Å². The van der Waals surface area contributed by atoms with Gasteiger partial charge in [-0.2, -0.15) is 0 Å². The van der Waals surface area contributed by atoms with E-state index in [0.29, 0.717) is 0 Å². The molecule has 0 aromatic heterocycles. The summed E-state index contributed by atoms with van der Waals surface area (Å²) in [5.74, 6) is -0.675. The van der Waals surface area contributed by atoms with Crippen LogP contribution in [0.15, 0.2) is 11.6 Å². The standard InChI is InChI=1S/C19H34O4/c1-5-6-7-8-9-10-11-17(4)23-19(21)13-12-18(20)22-15-14-16(2)3/h14,17H,5-13,15H2,1-4H3. The molecule has 0 spiro atoms. The van der Waals surface area contributed by atoms with Crippen molar-refractivity contribution in [3.8, 4) is 0 Å². The van der Waals surface area contributed by atoms with Crippen molar-refractivity contribution in [1.82, 2.24) is 0 Å². The minimum absolute atomic E-state index is 0.0737. The van der Waals surface area contributed by atoms with Crippen molar-refractivity contribution in [1.29, 1.82) is 0 Å². The van der Waals surface area contributed by atoms with Gasteiger partial charge in [0.25, 0.3) is 0 Å².